The van der Waals surface area contributed by atoms with Gasteiger partial charge in [-0.25, -0.2) is 28.0 Å². The Bertz CT molecular complexity index is 787. The van der Waals surface area contributed by atoms with Crippen LogP contribution in [0.5, 0.6) is 0 Å². The van der Waals surface area contributed by atoms with Crippen molar-refractivity contribution in [3.05, 3.63) is 35.1 Å². The third-order valence-electron chi connectivity index (χ3n) is 2.41. The molecule has 0 aromatic carbocycles. The summed E-state index contributed by atoms with van der Waals surface area (Å²) in [6.07, 6.45) is 1.06. The molecule has 0 saturated heterocycles. The van der Waals surface area contributed by atoms with Gasteiger partial charge in [-0.3, -0.25) is 0 Å². The van der Waals surface area contributed by atoms with Crippen LogP contribution in [-0.2, 0) is 14.8 Å². The zero-order valence-corrected chi connectivity index (χ0v) is 12.4. The molecule has 0 radical (unpaired) electrons. The number of carbonyl (C=O) groups is 1. The summed E-state index contributed by atoms with van der Waals surface area (Å²) in [4.78, 5) is 15.7. The molecule has 0 amide bonds. The minimum atomic E-state index is -4.23. The van der Waals surface area contributed by atoms with Crippen molar-refractivity contribution in [1.82, 2.24) is 14.8 Å². The Hall–Kier alpha value is -1.97. The fraction of sp³-hybridized carbons (Fsp3) is 0.182. The summed E-state index contributed by atoms with van der Waals surface area (Å²) in [6.45, 7) is 1.68. The first kappa shape index (κ1) is 15.4. The standard InChI is InChI=1S/C11H11ClN4O4S/c1-2-20-11(17)7-6-14-16(10(7)21(13,18)19)9-5-3-4-8(12)15-9/h3-6H,2H2,1H3,(H2,13,18,19). The maximum absolute atomic E-state index is 11.8. The number of rotatable bonds is 4. The average molecular weight is 331 g/mol. The van der Waals surface area contributed by atoms with E-state index < -0.39 is 21.0 Å². The molecule has 0 atom stereocenters. The largest absolute Gasteiger partial charge is 0.462 e. The molecule has 2 rings (SSSR count). The molecule has 2 aromatic heterocycles. The molecule has 112 valence electrons. The Morgan fingerprint density at radius 1 is 1.48 bits per heavy atom. The quantitative estimate of drug-likeness (QED) is 0.652. The fourth-order valence-electron chi connectivity index (χ4n) is 1.64. The van der Waals surface area contributed by atoms with E-state index in [9.17, 15) is 13.2 Å². The number of hydrogen-bond acceptors (Lipinski definition) is 6. The van der Waals surface area contributed by atoms with Crippen LogP contribution in [0.2, 0.25) is 5.15 Å². The van der Waals surface area contributed by atoms with Crippen LogP contribution in [0.4, 0.5) is 0 Å². The minimum absolute atomic E-state index is 0.0868. The SMILES string of the molecule is CCOC(=O)c1cnn(-c2cccc(Cl)n2)c1S(N)(=O)=O. The van der Waals surface area contributed by atoms with Gasteiger partial charge in [0, 0.05) is 0 Å². The van der Waals surface area contributed by atoms with E-state index in [2.05, 4.69) is 10.1 Å². The van der Waals surface area contributed by atoms with Gasteiger partial charge in [0.15, 0.2) is 10.8 Å². The van der Waals surface area contributed by atoms with E-state index in [0.717, 1.165) is 10.9 Å². The first-order valence-electron chi connectivity index (χ1n) is 5.75. The number of aromatic nitrogens is 3. The monoisotopic (exact) mass is 330 g/mol. The number of hydrogen-bond donors (Lipinski definition) is 1. The molecule has 8 nitrogen and oxygen atoms in total. The molecule has 0 aliphatic heterocycles. The maximum Gasteiger partial charge on any atom is 0.342 e. The maximum atomic E-state index is 11.8. The van der Waals surface area contributed by atoms with Crippen molar-refractivity contribution in [3.8, 4) is 5.82 Å². The van der Waals surface area contributed by atoms with Gasteiger partial charge in [0.05, 0.1) is 12.8 Å². The zero-order valence-electron chi connectivity index (χ0n) is 10.9. The molecule has 0 saturated carbocycles. The van der Waals surface area contributed by atoms with Crippen LogP contribution in [0.3, 0.4) is 0 Å². The molecule has 0 fully saturated rings. The van der Waals surface area contributed by atoms with Crippen molar-refractivity contribution < 1.29 is 17.9 Å². The second kappa shape index (κ2) is 5.80. The number of halogens is 1. The molecule has 21 heavy (non-hydrogen) atoms. The predicted octanol–water partition coefficient (Wildman–Crippen LogP) is 0.745. The summed E-state index contributed by atoms with van der Waals surface area (Å²) in [5, 5.41) is 8.62. The van der Waals surface area contributed by atoms with Crippen LogP contribution < -0.4 is 5.14 Å². The van der Waals surface area contributed by atoms with Gasteiger partial charge >= 0.3 is 5.97 Å². The van der Waals surface area contributed by atoms with Gasteiger partial charge in [0.25, 0.3) is 10.0 Å². The van der Waals surface area contributed by atoms with E-state index in [1.165, 1.54) is 12.1 Å². The van der Waals surface area contributed by atoms with Gasteiger partial charge in [-0.1, -0.05) is 17.7 Å². The highest BCUT2D eigenvalue weighted by atomic mass is 35.5. The average Bonchev–Trinajstić information content (AvgIpc) is 2.83. The van der Waals surface area contributed by atoms with Gasteiger partial charge < -0.3 is 4.74 Å². The van der Waals surface area contributed by atoms with Gasteiger partial charge in [0.2, 0.25) is 0 Å². The molecule has 10 heteroatoms. The third-order valence-corrected chi connectivity index (χ3v) is 3.55. The molecule has 0 spiro atoms. The highest BCUT2D eigenvalue weighted by Gasteiger charge is 2.27. The second-order valence-corrected chi connectivity index (χ2v) is 5.72. The highest BCUT2D eigenvalue weighted by Crippen LogP contribution is 2.19. The first-order valence-corrected chi connectivity index (χ1v) is 7.68. The Morgan fingerprint density at radius 3 is 2.76 bits per heavy atom. The molecule has 0 aliphatic carbocycles. The number of pyridine rings is 1. The topological polar surface area (TPSA) is 117 Å². The van der Waals surface area contributed by atoms with Crippen LogP contribution in [-0.4, -0.2) is 35.8 Å². The Labute approximate surface area is 125 Å². The van der Waals surface area contributed by atoms with Crippen molar-refractivity contribution in [2.75, 3.05) is 6.61 Å². The predicted molar refractivity (Wildman–Crippen MR) is 73.7 cm³/mol. The minimum Gasteiger partial charge on any atom is -0.462 e. The Morgan fingerprint density at radius 2 is 2.19 bits per heavy atom. The van der Waals surface area contributed by atoms with Gasteiger partial charge in [-0.2, -0.15) is 5.10 Å². The summed E-state index contributed by atoms with van der Waals surface area (Å²) in [5.74, 6) is -0.725. The summed E-state index contributed by atoms with van der Waals surface area (Å²) >= 11 is 5.76. The number of esters is 1. The van der Waals surface area contributed by atoms with Crippen LogP contribution in [0, 0.1) is 0 Å². The lowest BCUT2D eigenvalue weighted by Crippen LogP contribution is -2.21. The van der Waals surface area contributed by atoms with E-state index in [0.29, 0.717) is 0 Å². The molecule has 2 N–H and O–H groups in total. The summed E-state index contributed by atoms with van der Waals surface area (Å²) in [5.41, 5.74) is -0.263. The number of carbonyl (C=O) groups excluding carboxylic acids is 1. The van der Waals surface area contributed by atoms with Crippen molar-refractivity contribution in [2.45, 2.75) is 11.9 Å². The number of ether oxygens (including phenoxy) is 1. The Kier molecular flexibility index (Phi) is 4.26. The van der Waals surface area contributed by atoms with Crippen molar-refractivity contribution in [3.63, 3.8) is 0 Å². The van der Waals surface area contributed by atoms with E-state index in [1.54, 1.807) is 13.0 Å². The van der Waals surface area contributed by atoms with E-state index in [1.807, 2.05) is 0 Å². The lowest BCUT2D eigenvalue weighted by molar-refractivity contribution is 0.0521. The fourth-order valence-corrected chi connectivity index (χ4v) is 2.62. The van der Waals surface area contributed by atoms with Gasteiger partial charge in [-0.15, -0.1) is 0 Å². The van der Waals surface area contributed by atoms with E-state index in [4.69, 9.17) is 21.5 Å². The lowest BCUT2D eigenvalue weighted by atomic mass is 10.4. The Balaban J connectivity index is 2.66. The number of nitrogens with two attached hydrogens (primary N) is 1. The molecular weight excluding hydrogens is 320 g/mol. The lowest BCUT2D eigenvalue weighted by Gasteiger charge is -2.07. The number of nitrogens with zero attached hydrogens (tertiary/aromatic N) is 3. The van der Waals surface area contributed by atoms with Crippen LogP contribution >= 0.6 is 11.6 Å². The summed E-state index contributed by atoms with van der Waals surface area (Å²) < 4.78 is 29.2. The van der Waals surface area contributed by atoms with E-state index >= 15 is 0 Å². The van der Waals surface area contributed by atoms with Gasteiger partial charge in [-0.05, 0) is 19.1 Å². The van der Waals surface area contributed by atoms with Crippen molar-refractivity contribution in [1.29, 1.82) is 0 Å². The third kappa shape index (κ3) is 3.20. The van der Waals surface area contributed by atoms with Crippen molar-refractivity contribution >= 4 is 27.6 Å². The van der Waals surface area contributed by atoms with Crippen LogP contribution in [0.25, 0.3) is 5.82 Å². The molecule has 0 aliphatic rings. The highest BCUT2D eigenvalue weighted by molar-refractivity contribution is 7.89. The zero-order chi connectivity index (χ0) is 15.6. The normalized spacial score (nSPS) is 11.4. The molecular formula is C11H11ClN4O4S. The molecule has 2 heterocycles. The van der Waals surface area contributed by atoms with Crippen LogP contribution in [0.15, 0.2) is 29.4 Å². The van der Waals surface area contributed by atoms with Gasteiger partial charge in [0.1, 0.15) is 10.7 Å². The molecule has 0 unspecified atom stereocenters. The molecule has 0 bridgehead atoms. The first-order chi connectivity index (χ1) is 9.84. The van der Waals surface area contributed by atoms with Crippen LogP contribution in [0.1, 0.15) is 17.3 Å². The summed E-state index contributed by atoms with van der Waals surface area (Å²) in [6, 6.07) is 4.54. The smallest absolute Gasteiger partial charge is 0.342 e. The molecule has 2 aromatic rings. The number of sulfonamides is 1. The summed E-state index contributed by atoms with van der Waals surface area (Å²) in [7, 11) is -4.23. The van der Waals surface area contributed by atoms with E-state index in [-0.39, 0.29) is 23.1 Å². The second-order valence-electron chi connectivity index (χ2n) is 3.86. The van der Waals surface area contributed by atoms with Crippen molar-refractivity contribution in [2.24, 2.45) is 5.14 Å². The number of primary sulfonamides is 1.